The van der Waals surface area contributed by atoms with Crippen LogP contribution in [0.25, 0.3) is 0 Å². The van der Waals surface area contributed by atoms with Crippen LogP contribution in [0, 0.1) is 12.8 Å². The van der Waals surface area contributed by atoms with Gasteiger partial charge in [-0.15, -0.1) is 11.3 Å². The zero-order valence-corrected chi connectivity index (χ0v) is 17.8. The number of aryl methyl sites for hydroxylation is 1. The summed E-state index contributed by atoms with van der Waals surface area (Å²) in [5.74, 6) is 0.969. The van der Waals surface area contributed by atoms with E-state index in [9.17, 15) is 0 Å². The van der Waals surface area contributed by atoms with E-state index in [1.807, 2.05) is 6.92 Å². The fraction of sp³-hybridized carbons (Fsp3) is 0.500. The summed E-state index contributed by atoms with van der Waals surface area (Å²) < 4.78 is 6.71. The summed E-state index contributed by atoms with van der Waals surface area (Å²) in [6.07, 6.45) is 4.46. The Kier molecular flexibility index (Phi) is 4.70. The Hall–Kier alpha value is -1.24. The number of aromatic nitrogens is 1. The quantitative estimate of drug-likeness (QED) is 0.751. The van der Waals surface area contributed by atoms with Gasteiger partial charge in [0.05, 0.1) is 16.0 Å². The summed E-state index contributed by atoms with van der Waals surface area (Å²) >= 11 is 5.39. The Balaban J connectivity index is 1.82. The lowest BCUT2D eigenvalue weighted by molar-refractivity contribution is 0.0834. The molecule has 138 valence electrons. The number of amidine groups is 1. The fourth-order valence-corrected chi connectivity index (χ4v) is 6.03. The number of hydrogen-bond acceptors (Lipinski definition) is 5. The van der Waals surface area contributed by atoms with Crippen molar-refractivity contribution in [1.29, 1.82) is 0 Å². The summed E-state index contributed by atoms with van der Waals surface area (Å²) in [6, 6.07) is 6.58. The molecular weight excluding hydrogens is 410 g/mol. The molecule has 0 fully saturated rings. The number of fused-ring (bicyclic) bond motifs is 4. The molecule has 1 aromatic carbocycles. The van der Waals surface area contributed by atoms with Gasteiger partial charge in [0, 0.05) is 11.6 Å². The number of nitrogens with two attached hydrogens (primary N) is 1. The van der Waals surface area contributed by atoms with Crippen LogP contribution >= 0.6 is 27.3 Å². The lowest BCUT2D eigenvalue weighted by Crippen LogP contribution is -2.30. The second kappa shape index (κ2) is 6.73. The maximum atomic E-state index is 6.34. The Morgan fingerprint density at radius 1 is 1.46 bits per heavy atom. The summed E-state index contributed by atoms with van der Waals surface area (Å²) in [6.45, 7) is 4.23. The molecular formula is C20H24BrN3OS. The van der Waals surface area contributed by atoms with Crippen LogP contribution in [0.2, 0.25) is 0 Å². The van der Waals surface area contributed by atoms with Crippen LogP contribution in [0.3, 0.4) is 0 Å². The third kappa shape index (κ3) is 2.65. The zero-order valence-electron chi connectivity index (χ0n) is 15.4. The van der Waals surface area contributed by atoms with Crippen LogP contribution in [0.1, 0.15) is 52.9 Å². The maximum absolute atomic E-state index is 6.34. The number of halogens is 1. The van der Waals surface area contributed by atoms with Gasteiger partial charge in [-0.25, -0.2) is 9.98 Å². The standard InChI is InChI=1S/C20H24BrN3OS/c1-4-15(25-3)8-6-13-9-12-5-7-14(21)10-16(12)20(13)18-17(19(22)24-20)23-11(2)26-18/h5,7,10,13,15H,4,6,8-9H2,1-3H3,(H2,22,24). The molecule has 0 bridgehead atoms. The van der Waals surface area contributed by atoms with Crippen molar-refractivity contribution in [3.63, 3.8) is 0 Å². The molecule has 1 aliphatic heterocycles. The molecule has 1 aromatic heterocycles. The van der Waals surface area contributed by atoms with Gasteiger partial charge in [-0.3, -0.25) is 0 Å². The second-order valence-corrected chi connectivity index (χ2v) is 9.34. The number of nitrogens with zero attached hydrogens (tertiary/aromatic N) is 2. The number of rotatable bonds is 5. The highest BCUT2D eigenvalue weighted by atomic mass is 79.9. The van der Waals surface area contributed by atoms with Gasteiger partial charge in [0.1, 0.15) is 17.1 Å². The van der Waals surface area contributed by atoms with E-state index in [2.05, 4.69) is 46.0 Å². The predicted molar refractivity (Wildman–Crippen MR) is 110 cm³/mol. The monoisotopic (exact) mass is 433 g/mol. The first-order valence-corrected chi connectivity index (χ1v) is 10.8. The van der Waals surface area contributed by atoms with Gasteiger partial charge < -0.3 is 10.5 Å². The third-order valence-corrected chi connectivity index (χ3v) is 7.37. The van der Waals surface area contributed by atoms with E-state index in [0.29, 0.717) is 17.9 Å². The van der Waals surface area contributed by atoms with Gasteiger partial charge in [0.15, 0.2) is 0 Å². The second-order valence-electron chi connectivity index (χ2n) is 7.22. The minimum absolute atomic E-state index is 0.299. The van der Waals surface area contributed by atoms with Gasteiger partial charge in [-0.05, 0) is 61.8 Å². The summed E-state index contributed by atoms with van der Waals surface area (Å²) in [5, 5.41) is 1.05. The number of ether oxygens (including phenoxy) is 1. The third-order valence-electron chi connectivity index (χ3n) is 5.79. The van der Waals surface area contributed by atoms with Crippen molar-refractivity contribution in [2.75, 3.05) is 7.11 Å². The predicted octanol–water partition coefficient (Wildman–Crippen LogP) is 4.55. The molecule has 2 heterocycles. The highest BCUT2D eigenvalue weighted by molar-refractivity contribution is 9.10. The van der Waals surface area contributed by atoms with Crippen LogP contribution in [0.5, 0.6) is 0 Å². The van der Waals surface area contributed by atoms with Gasteiger partial charge in [-0.2, -0.15) is 0 Å². The first-order valence-electron chi connectivity index (χ1n) is 9.14. The molecule has 2 aromatic rings. The number of methoxy groups -OCH3 is 1. The molecule has 2 N–H and O–H groups in total. The smallest absolute Gasteiger partial charge is 0.147 e. The lowest BCUT2D eigenvalue weighted by Gasteiger charge is -2.30. The Labute approximate surface area is 167 Å². The van der Waals surface area contributed by atoms with Crippen LogP contribution in [-0.2, 0) is 16.7 Å². The van der Waals surface area contributed by atoms with E-state index in [1.165, 1.54) is 16.0 Å². The number of hydrogen-bond donors (Lipinski definition) is 1. The molecule has 0 radical (unpaired) electrons. The molecule has 1 spiro atoms. The van der Waals surface area contributed by atoms with E-state index in [4.69, 9.17) is 15.5 Å². The topological polar surface area (TPSA) is 60.5 Å². The number of thiazole rings is 1. The molecule has 0 amide bonds. The first-order chi connectivity index (χ1) is 12.5. The van der Waals surface area contributed by atoms with Crippen LogP contribution in [0.4, 0.5) is 0 Å². The van der Waals surface area contributed by atoms with Crippen LogP contribution < -0.4 is 5.73 Å². The highest BCUT2D eigenvalue weighted by Gasteiger charge is 2.54. The molecule has 6 heteroatoms. The molecule has 3 unspecified atom stereocenters. The lowest BCUT2D eigenvalue weighted by atomic mass is 9.80. The highest BCUT2D eigenvalue weighted by Crippen LogP contribution is 2.56. The zero-order chi connectivity index (χ0) is 18.5. The van der Waals surface area contributed by atoms with E-state index >= 15 is 0 Å². The minimum atomic E-state index is -0.378. The molecule has 4 rings (SSSR count). The van der Waals surface area contributed by atoms with Crippen LogP contribution in [0.15, 0.2) is 27.7 Å². The SMILES string of the molecule is CCC(CCC1Cc2ccc(Br)cc2C12N=C(N)c1nc(C)sc12)OC. The summed E-state index contributed by atoms with van der Waals surface area (Å²) in [4.78, 5) is 11.0. The van der Waals surface area contributed by atoms with Gasteiger partial charge >= 0.3 is 0 Å². The van der Waals surface area contributed by atoms with Crippen molar-refractivity contribution >= 4 is 33.1 Å². The number of aliphatic imine (C=N–C) groups is 1. The molecule has 26 heavy (non-hydrogen) atoms. The van der Waals surface area contributed by atoms with E-state index < -0.39 is 0 Å². The van der Waals surface area contributed by atoms with Crippen molar-refractivity contribution < 1.29 is 4.74 Å². The van der Waals surface area contributed by atoms with Crippen molar-refractivity contribution in [3.8, 4) is 0 Å². The normalized spacial score (nSPS) is 24.6. The molecule has 0 saturated heterocycles. The van der Waals surface area contributed by atoms with Crippen molar-refractivity contribution in [1.82, 2.24) is 4.98 Å². The molecule has 2 aliphatic rings. The molecule has 0 saturated carbocycles. The van der Waals surface area contributed by atoms with Crippen molar-refractivity contribution in [2.24, 2.45) is 16.6 Å². The Morgan fingerprint density at radius 2 is 2.27 bits per heavy atom. The minimum Gasteiger partial charge on any atom is -0.382 e. The average Bonchev–Trinajstić information content (AvgIpc) is 3.23. The Morgan fingerprint density at radius 3 is 3.00 bits per heavy atom. The first kappa shape index (κ1) is 18.1. The average molecular weight is 434 g/mol. The molecule has 4 nitrogen and oxygen atoms in total. The van der Waals surface area contributed by atoms with E-state index in [1.54, 1.807) is 18.4 Å². The maximum Gasteiger partial charge on any atom is 0.147 e. The van der Waals surface area contributed by atoms with Gasteiger partial charge in [0.2, 0.25) is 0 Å². The van der Waals surface area contributed by atoms with Gasteiger partial charge in [-0.1, -0.05) is 28.9 Å². The van der Waals surface area contributed by atoms with E-state index in [-0.39, 0.29) is 5.54 Å². The van der Waals surface area contributed by atoms with Crippen molar-refractivity contribution in [2.45, 2.75) is 51.2 Å². The fourth-order valence-electron chi connectivity index (χ4n) is 4.51. The van der Waals surface area contributed by atoms with Crippen LogP contribution in [-0.4, -0.2) is 24.0 Å². The number of benzene rings is 1. The molecule has 3 atom stereocenters. The Bertz CT molecular complexity index is 874. The van der Waals surface area contributed by atoms with Crippen molar-refractivity contribution in [3.05, 3.63) is 49.4 Å². The summed E-state index contributed by atoms with van der Waals surface area (Å²) in [5.41, 5.74) is 9.51. The summed E-state index contributed by atoms with van der Waals surface area (Å²) in [7, 11) is 1.81. The largest absolute Gasteiger partial charge is 0.382 e. The van der Waals surface area contributed by atoms with E-state index in [0.717, 1.165) is 40.9 Å². The molecule has 1 aliphatic carbocycles. The van der Waals surface area contributed by atoms with Gasteiger partial charge in [0.25, 0.3) is 0 Å².